The lowest BCUT2D eigenvalue weighted by Gasteiger charge is -2.00. The van der Waals surface area contributed by atoms with Gasteiger partial charge in [-0.1, -0.05) is 12.1 Å². The van der Waals surface area contributed by atoms with Gasteiger partial charge >= 0.3 is 0 Å². The average molecular weight is 322 g/mol. The normalized spacial score (nSPS) is 10.1. The van der Waals surface area contributed by atoms with Gasteiger partial charge in [-0.05, 0) is 34.7 Å². The van der Waals surface area contributed by atoms with Crippen LogP contribution in [0.2, 0.25) is 0 Å². The number of halogens is 1. The van der Waals surface area contributed by atoms with Crippen molar-refractivity contribution >= 4 is 40.1 Å². The third-order valence-corrected chi connectivity index (χ3v) is 3.29. The van der Waals surface area contributed by atoms with Gasteiger partial charge in [0, 0.05) is 14.9 Å². The molecule has 0 spiro atoms. The van der Waals surface area contributed by atoms with Gasteiger partial charge in [-0.15, -0.1) is 0 Å². The van der Waals surface area contributed by atoms with Crippen molar-refractivity contribution in [3.63, 3.8) is 0 Å². The van der Waals surface area contributed by atoms with E-state index in [4.69, 9.17) is 5.11 Å². The molecule has 0 amide bonds. The predicted molar refractivity (Wildman–Crippen MR) is 67.9 cm³/mol. The SMILES string of the molecule is O=C(CSCCO)c1ccc(I)cc1. The second-order valence-corrected chi connectivity index (χ2v) is 5.06. The van der Waals surface area contributed by atoms with Gasteiger partial charge in [0.25, 0.3) is 0 Å². The second kappa shape index (κ2) is 6.42. The van der Waals surface area contributed by atoms with Gasteiger partial charge in [0.15, 0.2) is 5.78 Å². The molecule has 1 N–H and O–H groups in total. The third kappa shape index (κ3) is 3.98. The molecule has 0 bridgehead atoms. The number of rotatable bonds is 5. The van der Waals surface area contributed by atoms with Crippen molar-refractivity contribution in [2.24, 2.45) is 0 Å². The van der Waals surface area contributed by atoms with Crippen molar-refractivity contribution in [3.05, 3.63) is 33.4 Å². The number of hydrogen-bond donors (Lipinski definition) is 1. The number of ketones is 1. The Hall–Kier alpha value is -0.0700. The Kier molecular flexibility index (Phi) is 5.50. The maximum Gasteiger partial charge on any atom is 0.172 e. The van der Waals surface area contributed by atoms with Crippen molar-refractivity contribution < 1.29 is 9.90 Å². The lowest BCUT2D eigenvalue weighted by molar-refractivity contribution is 0.102. The summed E-state index contributed by atoms with van der Waals surface area (Å²) in [5, 5.41) is 8.55. The first-order valence-corrected chi connectivity index (χ1v) is 6.45. The molecule has 14 heavy (non-hydrogen) atoms. The van der Waals surface area contributed by atoms with Crippen LogP contribution in [0.15, 0.2) is 24.3 Å². The highest BCUT2D eigenvalue weighted by atomic mass is 127. The zero-order valence-electron chi connectivity index (χ0n) is 7.57. The first-order chi connectivity index (χ1) is 6.74. The van der Waals surface area contributed by atoms with Crippen LogP contribution in [0, 0.1) is 3.57 Å². The molecular formula is C10H11IO2S. The third-order valence-electron chi connectivity index (χ3n) is 1.63. The standard InChI is InChI=1S/C10H11IO2S/c11-9-3-1-8(2-4-9)10(13)7-14-6-5-12/h1-4,12H,5-7H2. The number of carbonyl (C=O) groups is 1. The highest BCUT2D eigenvalue weighted by molar-refractivity contribution is 14.1. The van der Waals surface area contributed by atoms with Crippen LogP contribution in [-0.2, 0) is 0 Å². The van der Waals surface area contributed by atoms with Crippen LogP contribution in [0.4, 0.5) is 0 Å². The fourth-order valence-electron chi connectivity index (χ4n) is 0.949. The number of Topliss-reactive ketones (excluding diaryl/α,β-unsaturated/α-hetero) is 1. The van der Waals surface area contributed by atoms with Crippen molar-refractivity contribution in [3.8, 4) is 0 Å². The molecule has 76 valence electrons. The molecule has 0 aromatic heterocycles. The number of carbonyl (C=O) groups excluding carboxylic acids is 1. The summed E-state index contributed by atoms with van der Waals surface area (Å²) in [5.41, 5.74) is 0.746. The molecule has 0 saturated carbocycles. The number of thioether (sulfide) groups is 1. The molecule has 0 fully saturated rings. The number of aliphatic hydroxyl groups excluding tert-OH is 1. The summed E-state index contributed by atoms with van der Waals surface area (Å²) in [7, 11) is 0. The molecule has 0 unspecified atom stereocenters. The first-order valence-electron chi connectivity index (χ1n) is 4.21. The molecule has 0 radical (unpaired) electrons. The van der Waals surface area contributed by atoms with Gasteiger partial charge in [0.2, 0.25) is 0 Å². The smallest absolute Gasteiger partial charge is 0.172 e. The Labute approximate surface area is 101 Å². The molecule has 1 rings (SSSR count). The van der Waals surface area contributed by atoms with E-state index >= 15 is 0 Å². The van der Waals surface area contributed by atoms with Crippen molar-refractivity contribution in [2.75, 3.05) is 18.1 Å². The summed E-state index contributed by atoms with van der Waals surface area (Å²) in [6.45, 7) is 0.130. The maximum atomic E-state index is 11.5. The van der Waals surface area contributed by atoms with Crippen molar-refractivity contribution in [1.29, 1.82) is 0 Å². The summed E-state index contributed by atoms with van der Waals surface area (Å²) >= 11 is 3.66. The van der Waals surface area contributed by atoms with E-state index in [1.54, 1.807) is 0 Å². The van der Waals surface area contributed by atoms with E-state index in [-0.39, 0.29) is 12.4 Å². The monoisotopic (exact) mass is 322 g/mol. The maximum absolute atomic E-state index is 11.5. The summed E-state index contributed by atoms with van der Waals surface area (Å²) in [6, 6.07) is 7.52. The van der Waals surface area contributed by atoms with Gasteiger partial charge in [-0.2, -0.15) is 11.8 Å². The lowest BCUT2D eigenvalue weighted by Crippen LogP contribution is -2.03. The summed E-state index contributed by atoms with van der Waals surface area (Å²) in [6.07, 6.45) is 0. The molecule has 4 heteroatoms. The second-order valence-electron chi connectivity index (χ2n) is 2.71. The van der Waals surface area contributed by atoms with Crippen LogP contribution in [0.25, 0.3) is 0 Å². The molecular weight excluding hydrogens is 311 g/mol. The largest absolute Gasteiger partial charge is 0.396 e. The highest BCUT2D eigenvalue weighted by Crippen LogP contribution is 2.10. The van der Waals surface area contributed by atoms with Gasteiger partial charge in [0.1, 0.15) is 0 Å². The zero-order chi connectivity index (χ0) is 10.4. The first kappa shape index (κ1) is 12.0. The molecule has 1 aromatic carbocycles. The minimum Gasteiger partial charge on any atom is -0.396 e. The molecule has 0 heterocycles. The number of benzene rings is 1. The predicted octanol–water partition coefficient (Wildman–Crippen LogP) is 2.20. The minimum absolute atomic E-state index is 0.125. The molecule has 0 saturated heterocycles. The van der Waals surface area contributed by atoms with Gasteiger partial charge in [0.05, 0.1) is 12.4 Å². The van der Waals surface area contributed by atoms with Crippen molar-refractivity contribution in [1.82, 2.24) is 0 Å². The van der Waals surface area contributed by atoms with Gasteiger partial charge < -0.3 is 5.11 Å². The summed E-state index contributed by atoms with van der Waals surface area (Å²) < 4.78 is 1.13. The van der Waals surface area contributed by atoms with Gasteiger partial charge in [-0.25, -0.2) is 0 Å². The number of hydrogen-bond acceptors (Lipinski definition) is 3. The van der Waals surface area contributed by atoms with E-state index in [0.29, 0.717) is 11.5 Å². The van der Waals surface area contributed by atoms with Gasteiger partial charge in [-0.3, -0.25) is 4.79 Å². The molecule has 0 aliphatic heterocycles. The van der Waals surface area contributed by atoms with E-state index in [2.05, 4.69) is 22.6 Å². The van der Waals surface area contributed by atoms with E-state index < -0.39 is 0 Å². The Bertz CT molecular complexity index is 297. The van der Waals surface area contributed by atoms with Crippen LogP contribution in [0.1, 0.15) is 10.4 Å². The fourth-order valence-corrected chi connectivity index (χ4v) is 1.93. The van der Waals surface area contributed by atoms with E-state index in [1.807, 2.05) is 24.3 Å². The number of aliphatic hydroxyl groups is 1. The van der Waals surface area contributed by atoms with Crippen LogP contribution in [-0.4, -0.2) is 29.0 Å². The summed E-state index contributed by atoms with van der Waals surface area (Å²) in [4.78, 5) is 11.5. The van der Waals surface area contributed by atoms with Crippen LogP contribution < -0.4 is 0 Å². The molecule has 2 nitrogen and oxygen atoms in total. The molecule has 0 aliphatic rings. The van der Waals surface area contributed by atoms with E-state index in [0.717, 1.165) is 9.13 Å². The topological polar surface area (TPSA) is 37.3 Å². The fraction of sp³-hybridized carbons (Fsp3) is 0.300. The lowest BCUT2D eigenvalue weighted by atomic mass is 10.2. The zero-order valence-corrected chi connectivity index (χ0v) is 10.5. The Balaban J connectivity index is 2.48. The van der Waals surface area contributed by atoms with Crippen molar-refractivity contribution in [2.45, 2.75) is 0 Å². The van der Waals surface area contributed by atoms with Crippen LogP contribution >= 0.6 is 34.4 Å². The van der Waals surface area contributed by atoms with Crippen LogP contribution in [0.3, 0.4) is 0 Å². The van der Waals surface area contributed by atoms with E-state index in [9.17, 15) is 4.79 Å². The summed E-state index contributed by atoms with van der Waals surface area (Å²) in [5.74, 6) is 1.19. The Morgan fingerprint density at radius 3 is 2.57 bits per heavy atom. The molecule has 0 aliphatic carbocycles. The quantitative estimate of drug-likeness (QED) is 0.513. The minimum atomic E-state index is 0.125. The highest BCUT2D eigenvalue weighted by Gasteiger charge is 2.04. The molecule has 1 aromatic rings. The average Bonchev–Trinajstić information content (AvgIpc) is 2.19. The Morgan fingerprint density at radius 1 is 1.36 bits per heavy atom. The van der Waals surface area contributed by atoms with Crippen LogP contribution in [0.5, 0.6) is 0 Å². The van der Waals surface area contributed by atoms with E-state index in [1.165, 1.54) is 11.8 Å². The molecule has 0 atom stereocenters. The Morgan fingerprint density at radius 2 is 2.00 bits per heavy atom.